The Morgan fingerprint density at radius 1 is 1.22 bits per heavy atom. The molecule has 0 heterocycles. The summed E-state index contributed by atoms with van der Waals surface area (Å²) in [4.78, 5) is 13.0. The molecule has 0 spiro atoms. The molecular weight excluding hydrogens is 308 g/mol. The van der Waals surface area contributed by atoms with Gasteiger partial charge in [0.2, 0.25) is 5.91 Å². The first-order chi connectivity index (χ1) is 10.9. The molecule has 0 radical (unpaired) electrons. The Morgan fingerprint density at radius 3 is 2.48 bits per heavy atom. The van der Waals surface area contributed by atoms with Gasteiger partial charge in [-0.1, -0.05) is 18.3 Å². The number of nitrogens with one attached hydrogen (secondary N) is 1. The van der Waals surface area contributed by atoms with Crippen molar-refractivity contribution in [2.45, 2.75) is 23.6 Å². The number of nitrogens with two attached hydrogens (primary N) is 1. The fourth-order valence-electron chi connectivity index (χ4n) is 1.85. The van der Waals surface area contributed by atoms with Crippen LogP contribution < -0.4 is 15.8 Å². The number of hydrogen-bond acceptors (Lipinski definition) is 4. The molecule has 0 saturated carbocycles. The average Bonchev–Trinajstić information content (AvgIpc) is 2.49. The van der Waals surface area contributed by atoms with Crippen LogP contribution in [0, 0.1) is 0 Å². The van der Waals surface area contributed by atoms with Crippen molar-refractivity contribution in [3.63, 3.8) is 0 Å². The van der Waals surface area contributed by atoms with Crippen molar-refractivity contribution in [1.82, 2.24) is 0 Å². The van der Waals surface area contributed by atoms with Gasteiger partial charge in [-0.05, 0) is 48.9 Å². The first-order valence-electron chi connectivity index (χ1n) is 7.16. The quantitative estimate of drug-likeness (QED) is 0.612. The summed E-state index contributed by atoms with van der Waals surface area (Å²) < 4.78 is 5.58. The van der Waals surface area contributed by atoms with Crippen LogP contribution in [0.1, 0.15) is 13.8 Å². The Bertz CT molecular complexity index is 711. The third-order valence-electron chi connectivity index (χ3n) is 2.87. The molecule has 0 aliphatic rings. The number of hydrogen-bond donors (Lipinski definition) is 2. The fourth-order valence-corrected chi connectivity index (χ4v) is 2.69. The number of carbonyl (C=O) groups excluding carboxylic acids is 1. The van der Waals surface area contributed by atoms with Crippen LogP contribution in [-0.4, -0.2) is 12.5 Å². The summed E-state index contributed by atoms with van der Waals surface area (Å²) in [5, 5.41) is 2.74. The van der Waals surface area contributed by atoms with E-state index in [1.165, 1.54) is 6.92 Å². The number of anilines is 2. The minimum Gasteiger partial charge on any atom is -0.489 e. The summed E-state index contributed by atoms with van der Waals surface area (Å²) in [7, 11) is 0. The lowest BCUT2D eigenvalue weighted by Gasteiger charge is -2.10. The van der Waals surface area contributed by atoms with Crippen LogP contribution in [0.5, 0.6) is 5.75 Å². The molecule has 2 aromatic carbocycles. The van der Waals surface area contributed by atoms with Crippen LogP contribution in [-0.2, 0) is 4.79 Å². The summed E-state index contributed by atoms with van der Waals surface area (Å²) in [5.41, 5.74) is 8.49. The van der Waals surface area contributed by atoms with Gasteiger partial charge < -0.3 is 15.8 Å². The Kier molecular flexibility index (Phi) is 5.71. The average molecular weight is 328 g/mol. The van der Waals surface area contributed by atoms with E-state index in [1.54, 1.807) is 11.8 Å². The van der Waals surface area contributed by atoms with Gasteiger partial charge in [-0.25, -0.2) is 0 Å². The Labute approximate surface area is 140 Å². The molecule has 0 saturated heterocycles. The van der Waals surface area contributed by atoms with Gasteiger partial charge in [0, 0.05) is 34.2 Å². The molecule has 2 aromatic rings. The topological polar surface area (TPSA) is 64.3 Å². The highest BCUT2D eigenvalue weighted by molar-refractivity contribution is 7.99. The zero-order valence-electron chi connectivity index (χ0n) is 13.3. The van der Waals surface area contributed by atoms with Crippen molar-refractivity contribution in [2.75, 3.05) is 17.7 Å². The number of ether oxygens (including phenoxy) is 1. The summed E-state index contributed by atoms with van der Waals surface area (Å²) in [6, 6.07) is 13.3. The maximum atomic E-state index is 11.0. The van der Waals surface area contributed by atoms with Gasteiger partial charge in [-0.2, -0.15) is 0 Å². The van der Waals surface area contributed by atoms with Crippen molar-refractivity contribution < 1.29 is 9.53 Å². The van der Waals surface area contributed by atoms with Crippen molar-refractivity contribution >= 4 is 29.0 Å². The second kappa shape index (κ2) is 7.74. The standard InChI is InChI=1S/C18H20N2O2S/c1-12(2)11-22-15-6-9-18(17(19)10-15)23-16-7-4-14(5-8-16)20-13(3)21/h4-10H,1,11,19H2,2-3H3,(H,20,21). The maximum absolute atomic E-state index is 11.0. The zero-order valence-corrected chi connectivity index (χ0v) is 14.1. The van der Waals surface area contributed by atoms with Crippen LogP contribution >= 0.6 is 11.8 Å². The lowest BCUT2D eigenvalue weighted by molar-refractivity contribution is -0.114. The number of rotatable bonds is 6. The van der Waals surface area contributed by atoms with E-state index < -0.39 is 0 Å². The van der Waals surface area contributed by atoms with E-state index in [4.69, 9.17) is 10.5 Å². The largest absolute Gasteiger partial charge is 0.489 e. The molecule has 23 heavy (non-hydrogen) atoms. The predicted octanol–water partition coefficient (Wildman–Crippen LogP) is 4.33. The second-order valence-electron chi connectivity index (χ2n) is 5.25. The zero-order chi connectivity index (χ0) is 16.8. The lowest BCUT2D eigenvalue weighted by atomic mass is 10.3. The molecule has 0 unspecified atom stereocenters. The van der Waals surface area contributed by atoms with Gasteiger partial charge in [-0.3, -0.25) is 4.79 Å². The molecule has 0 atom stereocenters. The minimum absolute atomic E-state index is 0.0833. The molecule has 0 aliphatic heterocycles. The van der Waals surface area contributed by atoms with E-state index in [9.17, 15) is 4.79 Å². The van der Waals surface area contributed by atoms with E-state index in [1.807, 2.05) is 49.4 Å². The Hall–Kier alpha value is -2.40. The second-order valence-corrected chi connectivity index (χ2v) is 6.37. The van der Waals surface area contributed by atoms with Crippen LogP contribution in [0.4, 0.5) is 11.4 Å². The highest BCUT2D eigenvalue weighted by Crippen LogP contribution is 2.34. The molecule has 0 aromatic heterocycles. The lowest BCUT2D eigenvalue weighted by Crippen LogP contribution is -2.05. The van der Waals surface area contributed by atoms with Crippen LogP contribution in [0.25, 0.3) is 0 Å². The van der Waals surface area contributed by atoms with E-state index in [0.717, 1.165) is 26.8 Å². The van der Waals surface area contributed by atoms with Gasteiger partial charge in [0.1, 0.15) is 12.4 Å². The Morgan fingerprint density at radius 2 is 1.91 bits per heavy atom. The fraction of sp³-hybridized carbons (Fsp3) is 0.167. The molecule has 3 N–H and O–H groups in total. The third-order valence-corrected chi connectivity index (χ3v) is 3.97. The van der Waals surface area contributed by atoms with Crippen molar-refractivity contribution in [1.29, 1.82) is 0 Å². The number of carbonyl (C=O) groups is 1. The summed E-state index contributed by atoms with van der Waals surface area (Å²) in [6.07, 6.45) is 0. The first-order valence-corrected chi connectivity index (χ1v) is 7.98. The van der Waals surface area contributed by atoms with Crippen molar-refractivity contribution in [3.8, 4) is 5.75 Å². The monoisotopic (exact) mass is 328 g/mol. The normalized spacial score (nSPS) is 10.2. The molecule has 0 bridgehead atoms. The third kappa shape index (κ3) is 5.38. The minimum atomic E-state index is -0.0833. The molecule has 1 amide bonds. The highest BCUT2D eigenvalue weighted by atomic mass is 32.2. The highest BCUT2D eigenvalue weighted by Gasteiger charge is 2.05. The summed E-state index contributed by atoms with van der Waals surface area (Å²) in [5.74, 6) is 0.649. The number of benzene rings is 2. The van der Waals surface area contributed by atoms with Crippen molar-refractivity contribution in [2.24, 2.45) is 0 Å². The van der Waals surface area contributed by atoms with E-state index in [-0.39, 0.29) is 5.91 Å². The molecule has 2 rings (SSSR count). The molecule has 120 valence electrons. The first kappa shape index (κ1) is 17.0. The smallest absolute Gasteiger partial charge is 0.221 e. The summed E-state index contributed by atoms with van der Waals surface area (Å²) >= 11 is 1.56. The van der Waals surface area contributed by atoms with E-state index in [0.29, 0.717) is 12.3 Å². The number of nitrogen functional groups attached to an aromatic ring is 1. The van der Waals surface area contributed by atoms with Crippen molar-refractivity contribution in [3.05, 3.63) is 54.6 Å². The van der Waals surface area contributed by atoms with Gasteiger partial charge >= 0.3 is 0 Å². The van der Waals surface area contributed by atoms with Crippen LogP contribution in [0.2, 0.25) is 0 Å². The van der Waals surface area contributed by atoms with Gasteiger partial charge in [0.25, 0.3) is 0 Å². The van der Waals surface area contributed by atoms with Crippen LogP contribution in [0.3, 0.4) is 0 Å². The van der Waals surface area contributed by atoms with Gasteiger partial charge in [0.15, 0.2) is 0 Å². The SMILES string of the molecule is C=C(C)COc1ccc(Sc2ccc(NC(C)=O)cc2)c(N)c1. The molecule has 4 nitrogen and oxygen atoms in total. The van der Waals surface area contributed by atoms with Gasteiger partial charge in [0.05, 0.1) is 0 Å². The molecular formula is C18H20N2O2S. The Balaban J connectivity index is 2.04. The van der Waals surface area contributed by atoms with Crippen LogP contribution in [0.15, 0.2) is 64.4 Å². The molecule has 0 aliphatic carbocycles. The number of amides is 1. The molecule has 0 fully saturated rings. The van der Waals surface area contributed by atoms with Gasteiger partial charge in [-0.15, -0.1) is 0 Å². The predicted molar refractivity (Wildman–Crippen MR) is 96.0 cm³/mol. The van der Waals surface area contributed by atoms with E-state index >= 15 is 0 Å². The maximum Gasteiger partial charge on any atom is 0.221 e. The summed E-state index contributed by atoms with van der Waals surface area (Å²) in [6.45, 7) is 7.69. The molecule has 5 heteroatoms. The van der Waals surface area contributed by atoms with E-state index in [2.05, 4.69) is 11.9 Å².